The van der Waals surface area contributed by atoms with E-state index < -0.39 is 6.10 Å². The molecule has 16 heavy (non-hydrogen) atoms. The van der Waals surface area contributed by atoms with Gasteiger partial charge in [0.2, 0.25) is 0 Å². The van der Waals surface area contributed by atoms with Crippen LogP contribution in [0.5, 0.6) is 0 Å². The number of aromatic nitrogens is 1. The van der Waals surface area contributed by atoms with Crippen molar-refractivity contribution in [2.75, 3.05) is 0 Å². The number of hydrogen-bond donors (Lipinski definition) is 1. The topological polar surface area (TPSA) is 33.1 Å². The first kappa shape index (κ1) is 10.6. The lowest BCUT2D eigenvalue weighted by Crippen LogP contribution is -1.99. The van der Waals surface area contributed by atoms with Gasteiger partial charge in [0.05, 0.1) is 5.69 Å². The minimum absolute atomic E-state index is 0.642. The van der Waals surface area contributed by atoms with Crippen LogP contribution in [0.1, 0.15) is 11.8 Å². The molecular formula is C14H13NO. The van der Waals surface area contributed by atoms with Crippen LogP contribution < -0.4 is 0 Å². The lowest BCUT2D eigenvalue weighted by Gasteiger charge is -2.10. The van der Waals surface area contributed by atoms with Gasteiger partial charge in [-0.15, -0.1) is 6.58 Å². The molecule has 0 amide bonds. The van der Waals surface area contributed by atoms with Crippen LogP contribution >= 0.6 is 0 Å². The smallest absolute Gasteiger partial charge is 0.114 e. The SMILES string of the molecule is C=CC(O)c1ncccc1-c1ccccc1. The highest BCUT2D eigenvalue weighted by atomic mass is 16.3. The molecule has 0 saturated heterocycles. The van der Waals surface area contributed by atoms with Crippen molar-refractivity contribution in [1.82, 2.24) is 4.98 Å². The maximum atomic E-state index is 9.79. The summed E-state index contributed by atoms with van der Waals surface area (Å²) in [4.78, 5) is 4.20. The van der Waals surface area contributed by atoms with E-state index in [4.69, 9.17) is 0 Å². The standard InChI is InChI=1S/C14H13NO/c1-2-13(16)14-12(9-6-10-15-14)11-7-4-3-5-8-11/h2-10,13,16H,1H2. The monoisotopic (exact) mass is 211 g/mol. The Morgan fingerprint density at radius 2 is 1.88 bits per heavy atom. The maximum absolute atomic E-state index is 9.79. The molecule has 1 N–H and O–H groups in total. The van der Waals surface area contributed by atoms with Crippen molar-refractivity contribution in [3.05, 3.63) is 67.0 Å². The second kappa shape index (κ2) is 4.73. The van der Waals surface area contributed by atoms with Crippen LogP contribution in [0.15, 0.2) is 61.3 Å². The van der Waals surface area contributed by atoms with Crippen LogP contribution in [0, 0.1) is 0 Å². The van der Waals surface area contributed by atoms with Gasteiger partial charge in [0.1, 0.15) is 6.10 Å². The number of pyridine rings is 1. The van der Waals surface area contributed by atoms with Gasteiger partial charge in [-0.3, -0.25) is 4.98 Å². The third-order valence-electron chi connectivity index (χ3n) is 2.43. The predicted molar refractivity (Wildman–Crippen MR) is 64.8 cm³/mol. The molecule has 2 heteroatoms. The van der Waals surface area contributed by atoms with E-state index in [-0.39, 0.29) is 0 Å². The van der Waals surface area contributed by atoms with E-state index in [1.807, 2.05) is 42.5 Å². The second-order valence-corrected chi connectivity index (χ2v) is 3.48. The average Bonchev–Trinajstić information content (AvgIpc) is 2.39. The Morgan fingerprint density at radius 1 is 1.12 bits per heavy atom. The molecule has 2 aromatic rings. The summed E-state index contributed by atoms with van der Waals surface area (Å²) < 4.78 is 0. The fourth-order valence-corrected chi connectivity index (χ4v) is 1.63. The molecule has 0 spiro atoms. The normalized spacial score (nSPS) is 12.1. The minimum atomic E-state index is -0.726. The van der Waals surface area contributed by atoms with Crippen molar-refractivity contribution >= 4 is 0 Å². The number of rotatable bonds is 3. The lowest BCUT2D eigenvalue weighted by atomic mass is 10.0. The molecule has 80 valence electrons. The molecule has 0 fully saturated rings. The summed E-state index contributed by atoms with van der Waals surface area (Å²) in [6, 6.07) is 13.7. The van der Waals surface area contributed by atoms with Gasteiger partial charge in [-0.25, -0.2) is 0 Å². The van der Waals surface area contributed by atoms with Crippen LogP contribution in [0.2, 0.25) is 0 Å². The number of nitrogens with zero attached hydrogens (tertiary/aromatic N) is 1. The van der Waals surface area contributed by atoms with E-state index in [9.17, 15) is 5.11 Å². The van der Waals surface area contributed by atoms with E-state index in [2.05, 4.69) is 11.6 Å². The molecule has 0 bridgehead atoms. The number of benzene rings is 1. The molecule has 2 nitrogen and oxygen atoms in total. The molecule has 0 radical (unpaired) electrons. The van der Waals surface area contributed by atoms with E-state index in [1.54, 1.807) is 6.20 Å². The average molecular weight is 211 g/mol. The Bertz CT molecular complexity index is 479. The largest absolute Gasteiger partial charge is 0.383 e. The third-order valence-corrected chi connectivity index (χ3v) is 2.43. The van der Waals surface area contributed by atoms with Crippen molar-refractivity contribution in [1.29, 1.82) is 0 Å². The molecule has 0 saturated carbocycles. The van der Waals surface area contributed by atoms with Gasteiger partial charge in [0, 0.05) is 11.8 Å². The summed E-state index contributed by atoms with van der Waals surface area (Å²) in [7, 11) is 0. The molecule has 2 rings (SSSR count). The molecule has 0 aliphatic carbocycles. The predicted octanol–water partition coefficient (Wildman–Crippen LogP) is 2.97. The van der Waals surface area contributed by atoms with Crippen molar-refractivity contribution < 1.29 is 5.11 Å². The van der Waals surface area contributed by atoms with Gasteiger partial charge in [0.15, 0.2) is 0 Å². The summed E-state index contributed by atoms with van der Waals surface area (Å²) >= 11 is 0. The Balaban J connectivity index is 2.53. The molecule has 1 aromatic carbocycles. The Kier molecular flexibility index (Phi) is 3.13. The van der Waals surface area contributed by atoms with Gasteiger partial charge < -0.3 is 5.11 Å². The van der Waals surface area contributed by atoms with Crippen LogP contribution in [0.4, 0.5) is 0 Å². The Morgan fingerprint density at radius 3 is 2.56 bits per heavy atom. The number of aliphatic hydroxyl groups excluding tert-OH is 1. The van der Waals surface area contributed by atoms with Crippen molar-refractivity contribution in [3.63, 3.8) is 0 Å². The first-order chi connectivity index (χ1) is 7.83. The molecule has 1 heterocycles. The van der Waals surface area contributed by atoms with Crippen LogP contribution in [-0.2, 0) is 0 Å². The molecule has 1 atom stereocenters. The van der Waals surface area contributed by atoms with Gasteiger partial charge in [-0.2, -0.15) is 0 Å². The van der Waals surface area contributed by atoms with Gasteiger partial charge >= 0.3 is 0 Å². The fourth-order valence-electron chi connectivity index (χ4n) is 1.63. The summed E-state index contributed by atoms with van der Waals surface area (Å²) in [5.74, 6) is 0. The van der Waals surface area contributed by atoms with E-state index in [1.165, 1.54) is 6.08 Å². The van der Waals surface area contributed by atoms with Crippen LogP contribution in [0.3, 0.4) is 0 Å². The first-order valence-corrected chi connectivity index (χ1v) is 5.14. The highest BCUT2D eigenvalue weighted by Gasteiger charge is 2.11. The molecule has 0 aliphatic heterocycles. The zero-order valence-electron chi connectivity index (χ0n) is 8.88. The fraction of sp³-hybridized carbons (Fsp3) is 0.0714. The summed E-state index contributed by atoms with van der Waals surface area (Å²) in [6.45, 7) is 3.58. The Hall–Kier alpha value is -1.93. The summed E-state index contributed by atoms with van der Waals surface area (Å²) in [5, 5.41) is 9.79. The van der Waals surface area contributed by atoms with Gasteiger partial charge in [0.25, 0.3) is 0 Å². The molecule has 0 aliphatic rings. The molecular weight excluding hydrogens is 198 g/mol. The van der Waals surface area contributed by atoms with E-state index >= 15 is 0 Å². The van der Waals surface area contributed by atoms with E-state index in [0.29, 0.717) is 5.69 Å². The third kappa shape index (κ3) is 2.02. The lowest BCUT2D eigenvalue weighted by molar-refractivity contribution is 0.224. The van der Waals surface area contributed by atoms with Crippen molar-refractivity contribution in [2.45, 2.75) is 6.10 Å². The van der Waals surface area contributed by atoms with Crippen LogP contribution in [-0.4, -0.2) is 10.1 Å². The zero-order chi connectivity index (χ0) is 11.4. The highest BCUT2D eigenvalue weighted by molar-refractivity contribution is 5.66. The maximum Gasteiger partial charge on any atom is 0.114 e. The quantitative estimate of drug-likeness (QED) is 0.792. The van der Waals surface area contributed by atoms with Gasteiger partial charge in [-0.1, -0.05) is 42.5 Å². The number of aliphatic hydroxyl groups is 1. The molecule has 1 aromatic heterocycles. The van der Waals surface area contributed by atoms with Crippen LogP contribution in [0.25, 0.3) is 11.1 Å². The number of hydrogen-bond acceptors (Lipinski definition) is 2. The van der Waals surface area contributed by atoms with Gasteiger partial charge in [-0.05, 0) is 11.6 Å². The summed E-state index contributed by atoms with van der Waals surface area (Å²) in [6.07, 6.45) is 2.43. The second-order valence-electron chi connectivity index (χ2n) is 3.48. The van der Waals surface area contributed by atoms with E-state index in [0.717, 1.165) is 11.1 Å². The molecule has 1 unspecified atom stereocenters. The highest BCUT2D eigenvalue weighted by Crippen LogP contribution is 2.26. The van der Waals surface area contributed by atoms with Crippen molar-refractivity contribution in [2.24, 2.45) is 0 Å². The summed E-state index contributed by atoms with van der Waals surface area (Å²) in [5.41, 5.74) is 2.63. The zero-order valence-corrected chi connectivity index (χ0v) is 8.88. The Labute approximate surface area is 94.9 Å². The first-order valence-electron chi connectivity index (χ1n) is 5.14. The van der Waals surface area contributed by atoms with Crippen molar-refractivity contribution in [3.8, 4) is 11.1 Å². The minimum Gasteiger partial charge on any atom is -0.383 e.